The van der Waals surface area contributed by atoms with Crippen molar-refractivity contribution in [2.24, 2.45) is 5.92 Å². The average Bonchev–Trinajstić information content (AvgIpc) is 3.03. The van der Waals surface area contributed by atoms with Crippen LogP contribution < -0.4 is 5.32 Å². The summed E-state index contributed by atoms with van der Waals surface area (Å²) in [6.07, 6.45) is 0. The lowest BCUT2D eigenvalue weighted by Gasteiger charge is -2.28. The summed E-state index contributed by atoms with van der Waals surface area (Å²) in [5.74, 6) is 0.186. The van der Waals surface area contributed by atoms with E-state index in [-0.39, 0.29) is 11.8 Å². The Morgan fingerprint density at radius 1 is 1.32 bits per heavy atom. The van der Waals surface area contributed by atoms with Crippen LogP contribution in [0.1, 0.15) is 33.3 Å². The zero-order chi connectivity index (χ0) is 18.6. The van der Waals surface area contributed by atoms with Gasteiger partial charge in [-0.1, -0.05) is 43.8 Å². The first-order chi connectivity index (χ1) is 11.8. The molecular formula is C18H22N4O2S. The molecule has 7 heteroatoms. The first kappa shape index (κ1) is 19.0. The number of aryl methyl sites for hydroxylation is 1. The smallest absolute Gasteiger partial charge is 0.277 e. The third-order valence-corrected chi connectivity index (χ3v) is 5.13. The number of rotatable bonds is 6. The molecule has 0 bridgehead atoms. The minimum atomic E-state index is -0.910. The van der Waals surface area contributed by atoms with Crippen LogP contribution in [-0.2, 0) is 4.79 Å². The van der Waals surface area contributed by atoms with Crippen molar-refractivity contribution in [3.05, 3.63) is 29.8 Å². The Bertz CT molecular complexity index is 796. The molecule has 6 nitrogen and oxygen atoms in total. The molecule has 1 aromatic carbocycles. The van der Waals surface area contributed by atoms with E-state index in [2.05, 4.69) is 21.6 Å². The van der Waals surface area contributed by atoms with E-state index in [0.29, 0.717) is 11.1 Å². The molecule has 2 rings (SSSR count). The van der Waals surface area contributed by atoms with Gasteiger partial charge in [-0.15, -0.1) is 10.2 Å². The molecule has 0 saturated carbocycles. The summed E-state index contributed by atoms with van der Waals surface area (Å²) in [6, 6.07) is 9.90. The highest BCUT2D eigenvalue weighted by molar-refractivity contribution is 8.00. The summed E-state index contributed by atoms with van der Waals surface area (Å²) in [7, 11) is 0. The normalized spacial score (nSPS) is 14.6. The van der Waals surface area contributed by atoms with Crippen molar-refractivity contribution in [2.45, 2.75) is 50.6 Å². The number of benzene rings is 1. The van der Waals surface area contributed by atoms with Gasteiger partial charge in [-0.05, 0) is 38.3 Å². The molecular weight excluding hydrogens is 336 g/mol. The van der Waals surface area contributed by atoms with Crippen molar-refractivity contribution >= 4 is 17.7 Å². The highest BCUT2D eigenvalue weighted by atomic mass is 32.2. The van der Waals surface area contributed by atoms with Crippen LogP contribution in [0.2, 0.25) is 0 Å². The Hall–Kier alpha value is -2.33. The second kappa shape index (κ2) is 7.70. The lowest BCUT2D eigenvalue weighted by Crippen LogP contribution is -2.51. The third kappa shape index (κ3) is 4.40. The molecule has 0 spiro atoms. The first-order valence-corrected chi connectivity index (χ1v) is 8.94. The van der Waals surface area contributed by atoms with Crippen LogP contribution in [0, 0.1) is 24.2 Å². The number of hydrogen-bond acceptors (Lipinski definition) is 6. The Morgan fingerprint density at radius 2 is 2.00 bits per heavy atom. The summed E-state index contributed by atoms with van der Waals surface area (Å²) in [5, 5.41) is 20.0. The Kier molecular flexibility index (Phi) is 5.85. The van der Waals surface area contributed by atoms with Gasteiger partial charge < -0.3 is 9.73 Å². The van der Waals surface area contributed by atoms with E-state index in [0.717, 1.165) is 11.1 Å². The van der Waals surface area contributed by atoms with E-state index >= 15 is 0 Å². The molecule has 0 saturated heterocycles. The van der Waals surface area contributed by atoms with Crippen molar-refractivity contribution in [2.75, 3.05) is 0 Å². The molecule has 2 atom stereocenters. The van der Waals surface area contributed by atoms with Gasteiger partial charge in [0.2, 0.25) is 11.8 Å². The molecule has 1 aromatic heterocycles. The van der Waals surface area contributed by atoms with Crippen LogP contribution >= 0.6 is 11.8 Å². The van der Waals surface area contributed by atoms with Gasteiger partial charge in [0.05, 0.1) is 11.3 Å². The fourth-order valence-corrected chi connectivity index (χ4v) is 2.73. The second-order valence-corrected chi connectivity index (χ2v) is 7.70. The Labute approximate surface area is 152 Å². The van der Waals surface area contributed by atoms with Gasteiger partial charge in [0.15, 0.2) is 0 Å². The maximum absolute atomic E-state index is 12.4. The van der Waals surface area contributed by atoms with Crippen LogP contribution in [0.3, 0.4) is 0 Å². The average molecular weight is 358 g/mol. The molecule has 0 aliphatic heterocycles. The van der Waals surface area contributed by atoms with E-state index in [4.69, 9.17) is 4.42 Å². The highest BCUT2D eigenvalue weighted by Gasteiger charge is 2.32. The van der Waals surface area contributed by atoms with Gasteiger partial charge in [0.1, 0.15) is 5.54 Å². The van der Waals surface area contributed by atoms with Gasteiger partial charge in [0.25, 0.3) is 5.22 Å². The second-order valence-electron chi connectivity index (χ2n) is 6.41. The minimum Gasteiger partial charge on any atom is -0.411 e. The van der Waals surface area contributed by atoms with Gasteiger partial charge in [-0.25, -0.2) is 0 Å². The molecule has 1 heterocycles. The number of hydrogen-bond donors (Lipinski definition) is 1. The summed E-state index contributed by atoms with van der Waals surface area (Å²) < 4.78 is 5.67. The van der Waals surface area contributed by atoms with Gasteiger partial charge in [-0.2, -0.15) is 5.26 Å². The van der Waals surface area contributed by atoms with E-state index < -0.39 is 10.8 Å². The topological polar surface area (TPSA) is 91.8 Å². The fourth-order valence-electron chi connectivity index (χ4n) is 2.04. The predicted molar refractivity (Wildman–Crippen MR) is 96.8 cm³/mol. The molecule has 2 aromatic rings. The molecule has 0 radical (unpaired) electrons. The molecule has 1 N–H and O–H groups in total. The van der Waals surface area contributed by atoms with Gasteiger partial charge in [0, 0.05) is 5.56 Å². The van der Waals surface area contributed by atoms with Crippen LogP contribution in [0.5, 0.6) is 0 Å². The third-order valence-electron chi connectivity index (χ3n) is 4.20. The lowest BCUT2D eigenvalue weighted by atomic mass is 9.90. The van der Waals surface area contributed by atoms with Crippen molar-refractivity contribution in [3.63, 3.8) is 0 Å². The zero-order valence-corrected chi connectivity index (χ0v) is 15.8. The van der Waals surface area contributed by atoms with E-state index in [1.807, 2.05) is 45.0 Å². The summed E-state index contributed by atoms with van der Waals surface area (Å²) in [6.45, 7) is 9.23. The highest BCUT2D eigenvalue weighted by Crippen LogP contribution is 2.28. The molecule has 0 unspecified atom stereocenters. The number of carbonyl (C=O) groups excluding carboxylic acids is 1. The van der Waals surface area contributed by atoms with Crippen LogP contribution in [0.25, 0.3) is 11.5 Å². The van der Waals surface area contributed by atoms with Crippen molar-refractivity contribution in [1.29, 1.82) is 5.26 Å². The first-order valence-electron chi connectivity index (χ1n) is 8.06. The zero-order valence-electron chi connectivity index (χ0n) is 15.0. The molecule has 132 valence electrons. The number of nitrogens with one attached hydrogen (secondary N) is 1. The van der Waals surface area contributed by atoms with E-state index in [9.17, 15) is 10.1 Å². The monoisotopic (exact) mass is 358 g/mol. The van der Waals surface area contributed by atoms with Crippen LogP contribution in [0.4, 0.5) is 0 Å². The standard InChI is InChI=1S/C18H22N4O2S/c1-11(2)18(5,10-19)20-15(23)13(4)25-17-22-21-16(24-17)14-9-7-6-8-12(14)3/h6-9,11,13H,1-5H3,(H,20,23)/t13-,18-/m1/s1. The number of amides is 1. The van der Waals surface area contributed by atoms with E-state index in [1.165, 1.54) is 11.8 Å². The molecule has 0 aliphatic rings. The SMILES string of the molecule is Cc1ccccc1-c1nnc(S[C@H](C)C(=O)N[C@](C)(C#N)C(C)C)o1. The lowest BCUT2D eigenvalue weighted by molar-refractivity contribution is -0.121. The van der Waals surface area contributed by atoms with Crippen molar-refractivity contribution in [1.82, 2.24) is 15.5 Å². The number of aromatic nitrogens is 2. The number of carbonyl (C=O) groups is 1. The van der Waals surface area contributed by atoms with Crippen molar-refractivity contribution in [3.8, 4) is 17.5 Å². The van der Waals surface area contributed by atoms with Crippen LogP contribution in [0.15, 0.2) is 33.9 Å². The maximum atomic E-state index is 12.4. The maximum Gasteiger partial charge on any atom is 0.277 e. The molecule has 0 fully saturated rings. The van der Waals surface area contributed by atoms with Gasteiger partial charge >= 0.3 is 0 Å². The summed E-state index contributed by atoms with van der Waals surface area (Å²) in [4.78, 5) is 12.4. The number of nitriles is 1. The minimum absolute atomic E-state index is 0.00490. The molecule has 0 aliphatic carbocycles. The Balaban J connectivity index is 2.07. The van der Waals surface area contributed by atoms with Crippen LogP contribution in [-0.4, -0.2) is 26.9 Å². The fraction of sp³-hybridized carbons (Fsp3) is 0.444. The number of nitrogens with zero attached hydrogens (tertiary/aromatic N) is 3. The van der Waals surface area contributed by atoms with Crippen molar-refractivity contribution < 1.29 is 9.21 Å². The quantitative estimate of drug-likeness (QED) is 0.794. The number of thioether (sulfide) groups is 1. The predicted octanol–water partition coefficient (Wildman–Crippen LogP) is 3.58. The van der Waals surface area contributed by atoms with E-state index in [1.54, 1.807) is 13.8 Å². The summed E-state index contributed by atoms with van der Waals surface area (Å²) in [5.41, 5.74) is 0.999. The Morgan fingerprint density at radius 3 is 2.60 bits per heavy atom. The molecule has 25 heavy (non-hydrogen) atoms. The van der Waals surface area contributed by atoms with Gasteiger partial charge in [-0.3, -0.25) is 4.79 Å². The largest absolute Gasteiger partial charge is 0.411 e. The molecule has 1 amide bonds. The summed E-state index contributed by atoms with van der Waals surface area (Å²) >= 11 is 1.17.